The summed E-state index contributed by atoms with van der Waals surface area (Å²) in [4.78, 5) is 20.4. The Morgan fingerprint density at radius 2 is 1.68 bits per heavy atom. The minimum absolute atomic E-state index is 0.190. The number of ether oxygens (including phenoxy) is 1. The van der Waals surface area contributed by atoms with E-state index in [-0.39, 0.29) is 10.8 Å². The molecule has 2 saturated heterocycles. The maximum atomic E-state index is 13.2. The lowest BCUT2D eigenvalue weighted by molar-refractivity contribution is 0.0730. The van der Waals surface area contributed by atoms with Gasteiger partial charge in [-0.1, -0.05) is 30.3 Å². The van der Waals surface area contributed by atoms with Crippen molar-refractivity contribution in [2.45, 2.75) is 24.3 Å². The van der Waals surface area contributed by atoms with Crippen molar-refractivity contribution < 1.29 is 17.9 Å². The van der Waals surface area contributed by atoms with Gasteiger partial charge in [-0.05, 0) is 42.7 Å². The second-order valence-corrected chi connectivity index (χ2v) is 10.5. The molecule has 0 unspecified atom stereocenters. The molecule has 0 atom stereocenters. The first kappa shape index (κ1) is 22.8. The number of amides is 1. The van der Waals surface area contributed by atoms with Gasteiger partial charge in [0, 0.05) is 38.1 Å². The van der Waals surface area contributed by atoms with E-state index in [0.717, 1.165) is 48.2 Å². The Labute approximate surface area is 199 Å². The van der Waals surface area contributed by atoms with Gasteiger partial charge in [-0.3, -0.25) is 4.79 Å². The summed E-state index contributed by atoms with van der Waals surface area (Å²) < 4.78 is 32.3. The van der Waals surface area contributed by atoms with Crippen molar-refractivity contribution in [3.05, 3.63) is 65.7 Å². The van der Waals surface area contributed by atoms with Crippen LogP contribution >= 0.6 is 0 Å². The highest BCUT2D eigenvalue weighted by atomic mass is 32.2. The van der Waals surface area contributed by atoms with Gasteiger partial charge >= 0.3 is 0 Å². The standard InChI is InChI=1S/C25H28N4O4S/c30-25(22-17-20-5-1-2-6-23(20)27-24(22)28-11-3-4-12-28)26-18-19-7-9-21(10-8-19)34(31,32)29-13-15-33-16-14-29/h1-2,5-10,17H,3-4,11-16,18H2,(H,26,30). The van der Waals surface area contributed by atoms with Crippen molar-refractivity contribution in [1.82, 2.24) is 14.6 Å². The zero-order chi connectivity index (χ0) is 23.5. The molecule has 1 amide bonds. The Kier molecular flexibility index (Phi) is 6.49. The first-order valence-corrected chi connectivity index (χ1v) is 13.1. The van der Waals surface area contributed by atoms with Crippen molar-refractivity contribution in [1.29, 1.82) is 0 Å². The molecular weight excluding hydrogens is 452 g/mol. The highest BCUT2D eigenvalue weighted by Crippen LogP contribution is 2.27. The quantitative estimate of drug-likeness (QED) is 0.583. The van der Waals surface area contributed by atoms with E-state index >= 15 is 0 Å². The lowest BCUT2D eigenvalue weighted by Gasteiger charge is -2.26. The van der Waals surface area contributed by atoms with E-state index in [0.29, 0.717) is 38.4 Å². The molecule has 0 radical (unpaired) electrons. The molecule has 178 valence electrons. The van der Waals surface area contributed by atoms with Crippen LogP contribution in [0, 0.1) is 0 Å². The number of hydrogen-bond donors (Lipinski definition) is 1. The molecular formula is C25H28N4O4S. The minimum atomic E-state index is -3.54. The summed E-state index contributed by atoms with van der Waals surface area (Å²) in [7, 11) is -3.54. The second-order valence-electron chi connectivity index (χ2n) is 8.59. The van der Waals surface area contributed by atoms with Crippen molar-refractivity contribution >= 4 is 32.7 Å². The van der Waals surface area contributed by atoms with E-state index in [9.17, 15) is 13.2 Å². The van der Waals surface area contributed by atoms with E-state index < -0.39 is 10.0 Å². The molecule has 1 N–H and O–H groups in total. The lowest BCUT2D eigenvalue weighted by Crippen LogP contribution is -2.40. The van der Waals surface area contributed by atoms with Gasteiger partial charge in [-0.25, -0.2) is 13.4 Å². The van der Waals surface area contributed by atoms with Gasteiger partial charge in [0.25, 0.3) is 5.91 Å². The van der Waals surface area contributed by atoms with E-state index in [1.807, 2.05) is 30.3 Å². The third kappa shape index (κ3) is 4.64. The van der Waals surface area contributed by atoms with Crippen LogP contribution in [-0.2, 0) is 21.3 Å². The second kappa shape index (κ2) is 9.69. The number of aromatic nitrogens is 1. The lowest BCUT2D eigenvalue weighted by atomic mass is 10.1. The first-order chi connectivity index (χ1) is 16.5. The average Bonchev–Trinajstić information content (AvgIpc) is 3.42. The maximum absolute atomic E-state index is 13.2. The van der Waals surface area contributed by atoms with Gasteiger partial charge in [0.05, 0.1) is 29.2 Å². The monoisotopic (exact) mass is 480 g/mol. The molecule has 2 aliphatic rings. The molecule has 3 aromatic rings. The number of carbonyl (C=O) groups is 1. The predicted octanol–water partition coefficient (Wildman–Crippen LogP) is 2.79. The summed E-state index contributed by atoms with van der Waals surface area (Å²) in [5.41, 5.74) is 2.26. The molecule has 0 spiro atoms. The van der Waals surface area contributed by atoms with E-state index in [1.165, 1.54) is 4.31 Å². The number of benzene rings is 2. The van der Waals surface area contributed by atoms with E-state index in [2.05, 4.69) is 10.2 Å². The number of morpholine rings is 1. The predicted molar refractivity (Wildman–Crippen MR) is 130 cm³/mol. The van der Waals surface area contributed by atoms with Crippen molar-refractivity contribution in [3.63, 3.8) is 0 Å². The number of carbonyl (C=O) groups excluding carboxylic acids is 1. The number of nitrogens with zero attached hydrogens (tertiary/aromatic N) is 3. The fraction of sp³-hybridized carbons (Fsp3) is 0.360. The number of rotatable bonds is 6. The molecule has 2 aliphatic heterocycles. The van der Waals surface area contributed by atoms with Crippen LogP contribution in [0.2, 0.25) is 0 Å². The number of nitrogens with one attached hydrogen (secondary N) is 1. The highest BCUT2D eigenvalue weighted by Gasteiger charge is 2.26. The van der Waals surface area contributed by atoms with Gasteiger partial charge in [-0.2, -0.15) is 4.31 Å². The van der Waals surface area contributed by atoms with Crippen molar-refractivity contribution in [3.8, 4) is 0 Å². The van der Waals surface area contributed by atoms with Crippen molar-refractivity contribution in [2.24, 2.45) is 0 Å². The molecule has 0 saturated carbocycles. The summed E-state index contributed by atoms with van der Waals surface area (Å²) in [6, 6.07) is 16.4. The van der Waals surface area contributed by atoms with Crippen LogP contribution in [0.25, 0.3) is 10.9 Å². The van der Waals surface area contributed by atoms with Gasteiger partial charge in [0.1, 0.15) is 5.82 Å². The molecule has 9 heteroatoms. The normalized spacial score (nSPS) is 17.2. The van der Waals surface area contributed by atoms with Crippen LogP contribution in [0.3, 0.4) is 0 Å². The molecule has 8 nitrogen and oxygen atoms in total. The Balaban J connectivity index is 1.32. The summed E-state index contributed by atoms with van der Waals surface area (Å²) in [6.45, 7) is 3.62. The Morgan fingerprint density at radius 1 is 0.971 bits per heavy atom. The van der Waals surface area contributed by atoms with Crippen LogP contribution in [0.5, 0.6) is 0 Å². The Bertz CT molecular complexity index is 1280. The minimum Gasteiger partial charge on any atom is -0.379 e. The number of hydrogen-bond acceptors (Lipinski definition) is 6. The van der Waals surface area contributed by atoms with Gasteiger partial charge < -0.3 is 15.0 Å². The maximum Gasteiger partial charge on any atom is 0.255 e. The molecule has 2 aromatic carbocycles. The zero-order valence-electron chi connectivity index (χ0n) is 18.9. The first-order valence-electron chi connectivity index (χ1n) is 11.6. The fourth-order valence-corrected chi connectivity index (χ4v) is 5.84. The van der Waals surface area contributed by atoms with E-state index in [1.54, 1.807) is 24.3 Å². The molecule has 0 bridgehead atoms. The Hall–Kier alpha value is -3.01. The number of fused-ring (bicyclic) bond motifs is 1. The summed E-state index contributed by atoms with van der Waals surface area (Å²) >= 11 is 0. The van der Waals surface area contributed by atoms with E-state index in [4.69, 9.17) is 9.72 Å². The number of pyridine rings is 1. The zero-order valence-corrected chi connectivity index (χ0v) is 19.8. The SMILES string of the molecule is O=C(NCc1ccc(S(=O)(=O)N2CCOCC2)cc1)c1cc2ccccc2nc1N1CCCC1. The third-order valence-electron chi connectivity index (χ3n) is 6.34. The molecule has 34 heavy (non-hydrogen) atoms. The molecule has 2 fully saturated rings. The highest BCUT2D eigenvalue weighted by molar-refractivity contribution is 7.89. The fourth-order valence-electron chi connectivity index (χ4n) is 4.44. The number of sulfonamides is 1. The number of anilines is 1. The van der Waals surface area contributed by atoms with Crippen molar-refractivity contribution in [2.75, 3.05) is 44.3 Å². The largest absolute Gasteiger partial charge is 0.379 e. The average molecular weight is 481 g/mol. The molecule has 5 rings (SSSR count). The third-order valence-corrected chi connectivity index (χ3v) is 8.25. The molecule has 3 heterocycles. The van der Waals surface area contributed by atoms with Crippen LogP contribution < -0.4 is 10.2 Å². The van der Waals surface area contributed by atoms with Crippen LogP contribution in [0.4, 0.5) is 5.82 Å². The molecule has 1 aromatic heterocycles. The van der Waals surface area contributed by atoms with Crippen LogP contribution in [0.15, 0.2) is 59.5 Å². The van der Waals surface area contributed by atoms with Gasteiger partial charge in [0.2, 0.25) is 10.0 Å². The van der Waals surface area contributed by atoms with Gasteiger partial charge in [-0.15, -0.1) is 0 Å². The molecule has 0 aliphatic carbocycles. The topological polar surface area (TPSA) is 91.8 Å². The Morgan fingerprint density at radius 3 is 2.41 bits per heavy atom. The van der Waals surface area contributed by atoms with Gasteiger partial charge in [0.15, 0.2) is 0 Å². The smallest absolute Gasteiger partial charge is 0.255 e. The summed E-state index contributed by atoms with van der Waals surface area (Å²) in [6.07, 6.45) is 2.19. The summed E-state index contributed by atoms with van der Waals surface area (Å²) in [5, 5.41) is 3.91. The summed E-state index contributed by atoms with van der Waals surface area (Å²) in [5.74, 6) is 0.533. The number of para-hydroxylation sites is 1. The van der Waals surface area contributed by atoms with Crippen LogP contribution in [0.1, 0.15) is 28.8 Å². The van der Waals surface area contributed by atoms with Crippen LogP contribution in [-0.4, -0.2) is 63.0 Å².